The van der Waals surface area contributed by atoms with Gasteiger partial charge in [-0.3, -0.25) is 14.6 Å². The fourth-order valence-corrected chi connectivity index (χ4v) is 5.30. The van der Waals surface area contributed by atoms with Crippen molar-refractivity contribution in [3.8, 4) is 11.5 Å². The minimum Gasteiger partial charge on any atom is -0.497 e. The first-order valence-electron chi connectivity index (χ1n) is 14.0. The number of fused-ring (bicyclic) bond motifs is 1. The smallest absolute Gasteiger partial charge is 0.327 e. The standard InChI is InChI=1S/C31H35FN6O5/c1-21(29-34-26-7-5-4-6-25(26)30(40)38(29)36-16-14-35(15-17-36)18-19-39)37(27-13-12-24(42-2)20-28(27)43-3)31(41)33-23-10-8-22(32)9-11-23/h4-13,20-21,39H,14-19H2,1-3H3,(H,33,41). The summed E-state index contributed by atoms with van der Waals surface area (Å²) in [6, 6.07) is 16.3. The number of nitrogens with one attached hydrogen (secondary N) is 1. The molecule has 43 heavy (non-hydrogen) atoms. The van der Waals surface area contributed by atoms with Crippen LogP contribution in [0.4, 0.5) is 20.6 Å². The molecule has 4 aromatic rings. The summed E-state index contributed by atoms with van der Waals surface area (Å²) in [5.41, 5.74) is 1.06. The van der Waals surface area contributed by atoms with Gasteiger partial charge in [0.15, 0.2) is 5.82 Å². The molecule has 5 rings (SSSR count). The molecule has 2 N–H and O–H groups in total. The maximum atomic E-state index is 14.1. The molecule has 226 valence electrons. The number of carbonyl (C=O) groups excluding carboxylic acids is 1. The summed E-state index contributed by atoms with van der Waals surface area (Å²) in [4.78, 5) is 36.6. The predicted molar refractivity (Wildman–Crippen MR) is 163 cm³/mol. The van der Waals surface area contributed by atoms with E-state index < -0.39 is 17.9 Å². The summed E-state index contributed by atoms with van der Waals surface area (Å²) >= 11 is 0. The molecule has 12 heteroatoms. The van der Waals surface area contributed by atoms with E-state index in [1.54, 1.807) is 48.0 Å². The molecule has 3 aromatic carbocycles. The highest BCUT2D eigenvalue weighted by Crippen LogP contribution is 2.37. The number of carbonyl (C=O) groups is 1. The van der Waals surface area contributed by atoms with Gasteiger partial charge in [-0.1, -0.05) is 12.1 Å². The molecule has 0 bridgehead atoms. The summed E-state index contributed by atoms with van der Waals surface area (Å²) < 4.78 is 26.2. The Balaban J connectivity index is 1.64. The maximum absolute atomic E-state index is 14.1. The lowest BCUT2D eigenvalue weighted by atomic mass is 10.1. The van der Waals surface area contributed by atoms with E-state index in [-0.39, 0.29) is 12.2 Å². The highest BCUT2D eigenvalue weighted by atomic mass is 19.1. The minimum atomic E-state index is -0.782. The SMILES string of the molecule is COc1ccc(N(C(=O)Nc2ccc(F)cc2)C(C)c2nc3ccccc3c(=O)n2N2CCN(CCO)CC2)c(OC)c1. The van der Waals surface area contributed by atoms with E-state index in [4.69, 9.17) is 14.5 Å². The zero-order chi connectivity index (χ0) is 30.5. The third-order valence-corrected chi connectivity index (χ3v) is 7.55. The number of hydrogen-bond acceptors (Lipinski definition) is 8. The lowest BCUT2D eigenvalue weighted by Crippen LogP contribution is -2.56. The molecule has 0 spiro atoms. The number of nitrogens with zero attached hydrogens (tertiary/aromatic N) is 5. The molecular formula is C31H35FN6O5. The normalized spacial score (nSPS) is 14.4. The van der Waals surface area contributed by atoms with Gasteiger partial charge < -0.3 is 24.9 Å². The number of urea groups is 1. The van der Waals surface area contributed by atoms with Crippen molar-refractivity contribution in [3.63, 3.8) is 0 Å². The molecular weight excluding hydrogens is 555 g/mol. The van der Waals surface area contributed by atoms with E-state index in [0.29, 0.717) is 72.3 Å². The zero-order valence-electron chi connectivity index (χ0n) is 24.4. The zero-order valence-corrected chi connectivity index (χ0v) is 24.4. The minimum absolute atomic E-state index is 0.0571. The summed E-state index contributed by atoms with van der Waals surface area (Å²) in [6.45, 7) is 4.74. The molecule has 1 fully saturated rings. The van der Waals surface area contributed by atoms with Crippen molar-refractivity contribution >= 4 is 28.3 Å². The molecule has 2 heterocycles. The van der Waals surface area contributed by atoms with E-state index in [1.165, 1.54) is 43.4 Å². The highest BCUT2D eigenvalue weighted by Gasteiger charge is 2.32. The molecule has 0 radical (unpaired) electrons. The van der Waals surface area contributed by atoms with Crippen molar-refractivity contribution in [3.05, 3.63) is 88.7 Å². The Morgan fingerprint density at radius 1 is 1.05 bits per heavy atom. The van der Waals surface area contributed by atoms with Crippen LogP contribution in [0.2, 0.25) is 0 Å². The Morgan fingerprint density at radius 3 is 2.44 bits per heavy atom. The second-order valence-electron chi connectivity index (χ2n) is 10.1. The number of aliphatic hydroxyl groups is 1. The van der Waals surface area contributed by atoms with E-state index in [2.05, 4.69) is 10.2 Å². The molecule has 11 nitrogen and oxygen atoms in total. The fourth-order valence-electron chi connectivity index (χ4n) is 5.30. The van der Waals surface area contributed by atoms with Crippen LogP contribution >= 0.6 is 0 Å². The number of ether oxygens (including phenoxy) is 2. The number of aromatic nitrogens is 2. The summed E-state index contributed by atoms with van der Waals surface area (Å²) in [6.07, 6.45) is 0. The van der Waals surface area contributed by atoms with Crippen molar-refractivity contribution in [2.24, 2.45) is 0 Å². The Kier molecular flexibility index (Phi) is 9.07. The monoisotopic (exact) mass is 590 g/mol. The second-order valence-corrected chi connectivity index (χ2v) is 10.1. The number of aliphatic hydroxyl groups excluding tert-OH is 1. The van der Waals surface area contributed by atoms with Gasteiger partial charge in [0, 0.05) is 44.5 Å². The third-order valence-electron chi connectivity index (χ3n) is 7.55. The van der Waals surface area contributed by atoms with Crippen molar-refractivity contribution in [2.45, 2.75) is 13.0 Å². The number of hydrogen-bond donors (Lipinski definition) is 2. The number of anilines is 2. The van der Waals surface area contributed by atoms with Gasteiger partial charge in [-0.25, -0.2) is 18.8 Å². The first-order valence-corrected chi connectivity index (χ1v) is 14.0. The molecule has 1 atom stereocenters. The summed E-state index contributed by atoms with van der Waals surface area (Å²) in [7, 11) is 3.03. The molecule has 0 aliphatic carbocycles. The van der Waals surface area contributed by atoms with Crippen molar-refractivity contribution < 1.29 is 23.8 Å². The average molecular weight is 591 g/mol. The van der Waals surface area contributed by atoms with Crippen LogP contribution in [0.1, 0.15) is 18.8 Å². The van der Waals surface area contributed by atoms with Gasteiger partial charge in [0.25, 0.3) is 5.56 Å². The Labute approximate surface area is 248 Å². The number of rotatable bonds is 9. The van der Waals surface area contributed by atoms with Crippen LogP contribution in [0, 0.1) is 5.82 Å². The number of β-amino-alcohol motifs (C(OH)–C–C–N with tert-alkyl or cyclic N) is 1. The first kappa shape index (κ1) is 29.8. The van der Waals surface area contributed by atoms with Crippen LogP contribution in [-0.4, -0.2) is 79.2 Å². The van der Waals surface area contributed by atoms with Crippen molar-refractivity contribution in [2.75, 3.05) is 68.8 Å². The number of methoxy groups -OCH3 is 2. The number of amides is 2. The van der Waals surface area contributed by atoms with Gasteiger partial charge in [0.05, 0.1) is 43.5 Å². The van der Waals surface area contributed by atoms with Crippen LogP contribution in [0.25, 0.3) is 10.9 Å². The molecule has 1 aliphatic heterocycles. The Hall–Kier alpha value is -4.68. The summed E-state index contributed by atoms with van der Waals surface area (Å²) in [5, 5.41) is 14.6. The highest BCUT2D eigenvalue weighted by molar-refractivity contribution is 6.03. The van der Waals surface area contributed by atoms with E-state index >= 15 is 0 Å². The lowest BCUT2D eigenvalue weighted by Gasteiger charge is -2.39. The molecule has 1 unspecified atom stereocenters. The topological polar surface area (TPSA) is 112 Å². The predicted octanol–water partition coefficient (Wildman–Crippen LogP) is 3.60. The number of para-hydroxylation sites is 1. The van der Waals surface area contributed by atoms with Gasteiger partial charge in [0.2, 0.25) is 0 Å². The van der Waals surface area contributed by atoms with Crippen LogP contribution < -0.4 is 30.3 Å². The summed E-state index contributed by atoms with van der Waals surface area (Å²) in [5.74, 6) is 0.830. The van der Waals surface area contributed by atoms with Gasteiger partial charge in [0.1, 0.15) is 17.3 Å². The first-order chi connectivity index (χ1) is 20.8. The fraction of sp³-hybridized carbons (Fsp3) is 0.323. The van der Waals surface area contributed by atoms with E-state index in [0.717, 1.165) is 0 Å². The lowest BCUT2D eigenvalue weighted by molar-refractivity contribution is 0.179. The number of piperazine rings is 1. The van der Waals surface area contributed by atoms with E-state index in [9.17, 15) is 19.1 Å². The molecule has 1 aliphatic rings. The molecule has 1 aromatic heterocycles. The van der Waals surface area contributed by atoms with Crippen LogP contribution in [0.15, 0.2) is 71.5 Å². The largest absolute Gasteiger partial charge is 0.497 e. The number of benzene rings is 3. The van der Waals surface area contributed by atoms with Gasteiger partial charge in [-0.05, 0) is 55.5 Å². The third kappa shape index (κ3) is 6.25. The van der Waals surface area contributed by atoms with Crippen molar-refractivity contribution in [1.82, 2.24) is 14.6 Å². The van der Waals surface area contributed by atoms with Gasteiger partial charge in [-0.2, -0.15) is 0 Å². The second kappa shape index (κ2) is 13.1. The van der Waals surface area contributed by atoms with Crippen LogP contribution in [0.5, 0.6) is 11.5 Å². The van der Waals surface area contributed by atoms with E-state index in [1.807, 2.05) is 11.1 Å². The maximum Gasteiger partial charge on any atom is 0.327 e. The molecule has 1 saturated heterocycles. The van der Waals surface area contributed by atoms with Crippen molar-refractivity contribution in [1.29, 1.82) is 0 Å². The quantitative estimate of drug-likeness (QED) is 0.304. The van der Waals surface area contributed by atoms with Crippen LogP contribution in [-0.2, 0) is 0 Å². The Bertz CT molecular complexity index is 1640. The van der Waals surface area contributed by atoms with Crippen LogP contribution in [0.3, 0.4) is 0 Å². The number of halogens is 1. The van der Waals surface area contributed by atoms with Gasteiger partial charge >= 0.3 is 6.03 Å². The Morgan fingerprint density at radius 2 is 1.77 bits per heavy atom. The average Bonchev–Trinajstić information content (AvgIpc) is 3.03. The molecule has 0 saturated carbocycles. The van der Waals surface area contributed by atoms with Gasteiger partial charge in [-0.15, -0.1) is 0 Å². The molecule has 2 amide bonds.